The summed E-state index contributed by atoms with van der Waals surface area (Å²) >= 11 is 0. The second-order valence-corrected chi connectivity index (χ2v) is 5.92. The second kappa shape index (κ2) is 10.7. The summed E-state index contributed by atoms with van der Waals surface area (Å²) in [5.74, 6) is 0.997. The van der Waals surface area contributed by atoms with Crippen molar-refractivity contribution in [1.82, 2.24) is 10.6 Å². The number of halogens is 1. The molecular formula is C19H28FN3O2. The van der Waals surface area contributed by atoms with Crippen LogP contribution in [0.1, 0.15) is 26.2 Å². The van der Waals surface area contributed by atoms with E-state index in [4.69, 9.17) is 9.47 Å². The van der Waals surface area contributed by atoms with Gasteiger partial charge in [-0.1, -0.05) is 24.6 Å². The first-order valence-electron chi connectivity index (χ1n) is 8.83. The molecular weight excluding hydrogens is 321 g/mol. The average Bonchev–Trinajstić information content (AvgIpc) is 2.64. The fraction of sp³-hybridized carbons (Fsp3) is 0.526. The predicted octanol–water partition coefficient (Wildman–Crippen LogP) is 2.88. The number of nitrogens with zero attached hydrogens (tertiary/aromatic N) is 1. The quantitative estimate of drug-likeness (QED) is 0.430. The SMILES string of the molecule is CCC(CNC(=NC)NCCC1=CCOCC1)Oc1cccc(F)c1. The maximum atomic E-state index is 13.2. The Morgan fingerprint density at radius 1 is 1.40 bits per heavy atom. The van der Waals surface area contributed by atoms with E-state index in [1.165, 1.54) is 17.7 Å². The molecule has 0 aliphatic carbocycles. The third-order valence-electron chi connectivity index (χ3n) is 4.07. The van der Waals surface area contributed by atoms with Crippen LogP contribution < -0.4 is 15.4 Å². The van der Waals surface area contributed by atoms with E-state index >= 15 is 0 Å². The van der Waals surface area contributed by atoms with Crippen LogP contribution in [0.25, 0.3) is 0 Å². The van der Waals surface area contributed by atoms with Gasteiger partial charge in [-0.3, -0.25) is 4.99 Å². The molecule has 1 heterocycles. The highest BCUT2D eigenvalue weighted by molar-refractivity contribution is 5.79. The molecule has 0 amide bonds. The van der Waals surface area contributed by atoms with Gasteiger partial charge in [0.2, 0.25) is 0 Å². The molecule has 0 bridgehead atoms. The van der Waals surface area contributed by atoms with Crippen LogP contribution in [0.15, 0.2) is 40.9 Å². The molecule has 138 valence electrons. The monoisotopic (exact) mass is 349 g/mol. The second-order valence-electron chi connectivity index (χ2n) is 5.92. The molecule has 0 spiro atoms. The third-order valence-corrected chi connectivity index (χ3v) is 4.07. The lowest BCUT2D eigenvalue weighted by atomic mass is 10.1. The van der Waals surface area contributed by atoms with E-state index in [0.717, 1.165) is 45.0 Å². The van der Waals surface area contributed by atoms with Gasteiger partial charge in [0.1, 0.15) is 17.7 Å². The normalized spacial score (nSPS) is 16.1. The lowest BCUT2D eigenvalue weighted by Gasteiger charge is -2.20. The zero-order valence-electron chi connectivity index (χ0n) is 15.1. The van der Waals surface area contributed by atoms with Gasteiger partial charge in [-0.25, -0.2) is 4.39 Å². The summed E-state index contributed by atoms with van der Waals surface area (Å²) in [6, 6.07) is 6.22. The number of benzene rings is 1. The molecule has 25 heavy (non-hydrogen) atoms. The summed E-state index contributed by atoms with van der Waals surface area (Å²) in [6.07, 6.45) is 4.90. The Morgan fingerprint density at radius 2 is 2.28 bits per heavy atom. The van der Waals surface area contributed by atoms with Crippen molar-refractivity contribution in [1.29, 1.82) is 0 Å². The Kier molecular flexibility index (Phi) is 8.25. The Balaban J connectivity index is 1.73. The van der Waals surface area contributed by atoms with E-state index in [1.807, 2.05) is 6.92 Å². The van der Waals surface area contributed by atoms with Crippen molar-refractivity contribution < 1.29 is 13.9 Å². The standard InChI is InChI=1S/C19H28FN3O2/c1-3-17(25-18-6-4-5-16(20)13-18)14-23-19(21-2)22-10-7-15-8-11-24-12-9-15/h4-6,8,13,17H,3,7,9-12,14H2,1-2H3,(H2,21,22,23). The molecule has 0 radical (unpaired) electrons. The Hall–Kier alpha value is -2.08. The number of rotatable bonds is 8. The van der Waals surface area contributed by atoms with Gasteiger partial charge in [0.25, 0.3) is 0 Å². The number of ether oxygens (including phenoxy) is 2. The zero-order valence-corrected chi connectivity index (χ0v) is 15.1. The smallest absolute Gasteiger partial charge is 0.191 e. The van der Waals surface area contributed by atoms with Crippen LogP contribution in [0.3, 0.4) is 0 Å². The molecule has 0 aromatic heterocycles. The first kappa shape index (κ1) is 19.2. The maximum absolute atomic E-state index is 13.2. The van der Waals surface area contributed by atoms with Crippen molar-refractivity contribution in [3.05, 3.63) is 41.7 Å². The zero-order chi connectivity index (χ0) is 17.9. The van der Waals surface area contributed by atoms with E-state index < -0.39 is 0 Å². The van der Waals surface area contributed by atoms with Crippen LogP contribution in [0.5, 0.6) is 5.75 Å². The Morgan fingerprint density at radius 3 is 2.96 bits per heavy atom. The van der Waals surface area contributed by atoms with E-state index in [2.05, 4.69) is 21.7 Å². The molecule has 2 N–H and O–H groups in total. The lowest BCUT2D eigenvalue weighted by molar-refractivity contribution is 0.153. The van der Waals surface area contributed by atoms with Crippen molar-refractivity contribution >= 4 is 5.96 Å². The van der Waals surface area contributed by atoms with Crippen LogP contribution in [0.2, 0.25) is 0 Å². The highest BCUT2D eigenvalue weighted by Crippen LogP contribution is 2.14. The molecule has 0 fully saturated rings. The van der Waals surface area contributed by atoms with Gasteiger partial charge >= 0.3 is 0 Å². The molecule has 0 saturated heterocycles. The van der Waals surface area contributed by atoms with E-state index in [0.29, 0.717) is 12.3 Å². The maximum Gasteiger partial charge on any atom is 0.191 e. The minimum absolute atomic E-state index is 0.0569. The van der Waals surface area contributed by atoms with E-state index in [-0.39, 0.29) is 11.9 Å². The lowest BCUT2D eigenvalue weighted by Crippen LogP contribution is -2.42. The molecule has 6 heteroatoms. The molecule has 2 rings (SSSR count). The van der Waals surface area contributed by atoms with Crippen LogP contribution in [-0.4, -0.2) is 45.4 Å². The van der Waals surface area contributed by atoms with Crippen molar-refractivity contribution in [2.24, 2.45) is 4.99 Å². The highest BCUT2D eigenvalue weighted by atomic mass is 19.1. The van der Waals surface area contributed by atoms with Gasteiger partial charge in [-0.2, -0.15) is 0 Å². The molecule has 1 aromatic carbocycles. The van der Waals surface area contributed by atoms with Crippen LogP contribution >= 0.6 is 0 Å². The fourth-order valence-electron chi connectivity index (χ4n) is 2.57. The third kappa shape index (κ3) is 7.13. The van der Waals surface area contributed by atoms with Crippen molar-refractivity contribution in [2.75, 3.05) is 33.4 Å². The largest absolute Gasteiger partial charge is 0.489 e. The Labute approximate surface area is 149 Å². The van der Waals surface area contributed by atoms with Gasteiger partial charge < -0.3 is 20.1 Å². The van der Waals surface area contributed by atoms with Crippen molar-refractivity contribution in [3.63, 3.8) is 0 Å². The summed E-state index contributed by atoms with van der Waals surface area (Å²) in [7, 11) is 1.75. The summed E-state index contributed by atoms with van der Waals surface area (Å²) in [5.41, 5.74) is 1.43. The molecule has 1 aliphatic heterocycles. The molecule has 0 saturated carbocycles. The number of hydrogen-bond acceptors (Lipinski definition) is 3. The molecule has 1 aliphatic rings. The minimum Gasteiger partial charge on any atom is -0.489 e. The molecule has 1 atom stereocenters. The fourth-order valence-corrected chi connectivity index (χ4v) is 2.57. The van der Waals surface area contributed by atoms with Crippen molar-refractivity contribution in [2.45, 2.75) is 32.3 Å². The number of aliphatic imine (C=N–C) groups is 1. The van der Waals surface area contributed by atoms with Crippen molar-refractivity contribution in [3.8, 4) is 5.75 Å². The van der Waals surface area contributed by atoms with Gasteiger partial charge in [0, 0.05) is 19.7 Å². The predicted molar refractivity (Wildman–Crippen MR) is 98.6 cm³/mol. The van der Waals surface area contributed by atoms with Gasteiger partial charge in [0.05, 0.1) is 19.8 Å². The van der Waals surface area contributed by atoms with E-state index in [9.17, 15) is 4.39 Å². The average molecular weight is 349 g/mol. The van der Waals surface area contributed by atoms with Gasteiger partial charge in [-0.15, -0.1) is 0 Å². The minimum atomic E-state index is -0.291. The van der Waals surface area contributed by atoms with Gasteiger partial charge in [0.15, 0.2) is 5.96 Å². The summed E-state index contributed by atoms with van der Waals surface area (Å²) in [5, 5.41) is 6.58. The topological polar surface area (TPSA) is 54.9 Å². The van der Waals surface area contributed by atoms with Gasteiger partial charge in [-0.05, 0) is 31.4 Å². The first-order chi connectivity index (χ1) is 12.2. The summed E-state index contributed by atoms with van der Waals surface area (Å²) in [4.78, 5) is 4.23. The van der Waals surface area contributed by atoms with Crippen LogP contribution in [-0.2, 0) is 4.74 Å². The molecule has 1 unspecified atom stereocenters. The number of nitrogens with one attached hydrogen (secondary N) is 2. The summed E-state index contributed by atoms with van der Waals surface area (Å²) in [6.45, 7) is 5.00. The molecule has 1 aromatic rings. The Bertz CT molecular complexity index is 590. The van der Waals surface area contributed by atoms with E-state index in [1.54, 1.807) is 19.2 Å². The number of guanidine groups is 1. The highest BCUT2D eigenvalue weighted by Gasteiger charge is 2.10. The number of hydrogen-bond donors (Lipinski definition) is 2. The van der Waals surface area contributed by atoms with Crippen LogP contribution in [0.4, 0.5) is 4.39 Å². The first-order valence-corrected chi connectivity index (χ1v) is 8.83. The van der Waals surface area contributed by atoms with Crippen LogP contribution in [0, 0.1) is 5.82 Å². The molecule has 5 nitrogen and oxygen atoms in total. The summed E-state index contributed by atoms with van der Waals surface area (Å²) < 4.78 is 24.4.